The summed E-state index contributed by atoms with van der Waals surface area (Å²) < 4.78 is 27.7. The lowest BCUT2D eigenvalue weighted by Gasteiger charge is -2.45. The second kappa shape index (κ2) is 14.5. The van der Waals surface area contributed by atoms with E-state index in [-0.39, 0.29) is 36.0 Å². The van der Waals surface area contributed by atoms with Crippen LogP contribution in [0.1, 0.15) is 18.1 Å². The molecule has 242 valence electrons. The molecule has 2 aliphatic rings. The van der Waals surface area contributed by atoms with E-state index in [9.17, 15) is 50.8 Å². The van der Waals surface area contributed by atoms with Gasteiger partial charge >= 0.3 is 5.97 Å². The summed E-state index contributed by atoms with van der Waals surface area (Å²) in [5, 5.41) is 90.8. The van der Waals surface area contributed by atoms with Crippen molar-refractivity contribution in [2.45, 2.75) is 74.8 Å². The first-order valence-electron chi connectivity index (χ1n) is 13.7. The number of aliphatic hydroxyl groups excluding tert-OH is 5. The Morgan fingerprint density at radius 3 is 2.16 bits per heavy atom. The van der Waals surface area contributed by atoms with Gasteiger partial charge < -0.3 is 69.6 Å². The molecule has 2 saturated heterocycles. The molecule has 44 heavy (non-hydrogen) atoms. The fourth-order valence-electron chi connectivity index (χ4n) is 4.66. The molecule has 0 bridgehead atoms. The SMILES string of the molecule is C[C@@H]1O[C@@H](O[C@H]2[C@@H](O)[C@H](OCCc3ccc(O)c(O)c3)O[C@H](COC(=O)C=Cc3ccc(O)c(O)c3)[C@H]2O)[C@H](O)[C@H](O)[C@H]1O. The van der Waals surface area contributed by atoms with Gasteiger partial charge in [0.05, 0.1) is 12.7 Å². The highest BCUT2D eigenvalue weighted by Gasteiger charge is 2.50. The third-order valence-corrected chi connectivity index (χ3v) is 7.26. The molecule has 0 unspecified atom stereocenters. The molecule has 15 heteroatoms. The number of ether oxygens (including phenoxy) is 5. The van der Waals surface area contributed by atoms with Gasteiger partial charge in [-0.1, -0.05) is 12.1 Å². The fourth-order valence-corrected chi connectivity index (χ4v) is 4.66. The van der Waals surface area contributed by atoms with E-state index in [1.54, 1.807) is 6.07 Å². The van der Waals surface area contributed by atoms with Crippen LogP contribution in [0.25, 0.3) is 6.08 Å². The Balaban J connectivity index is 1.44. The Labute approximate surface area is 251 Å². The van der Waals surface area contributed by atoms with Crippen LogP contribution in [-0.4, -0.2) is 127 Å². The number of aliphatic hydroxyl groups is 5. The second-order valence-corrected chi connectivity index (χ2v) is 10.5. The molecule has 0 amide bonds. The number of hydrogen-bond donors (Lipinski definition) is 9. The predicted octanol–water partition coefficient (Wildman–Crippen LogP) is -1.02. The van der Waals surface area contributed by atoms with Crippen molar-refractivity contribution in [3.05, 3.63) is 53.6 Å². The number of carbonyl (C=O) groups excluding carboxylic acids is 1. The summed E-state index contributed by atoms with van der Waals surface area (Å²) in [7, 11) is 0. The monoisotopic (exact) mass is 624 g/mol. The van der Waals surface area contributed by atoms with Gasteiger partial charge in [0.1, 0.15) is 49.3 Å². The van der Waals surface area contributed by atoms with Crippen LogP contribution in [0.15, 0.2) is 42.5 Å². The molecule has 15 nitrogen and oxygen atoms in total. The van der Waals surface area contributed by atoms with E-state index >= 15 is 0 Å². The van der Waals surface area contributed by atoms with Crippen molar-refractivity contribution < 1.29 is 74.4 Å². The van der Waals surface area contributed by atoms with Crippen LogP contribution in [-0.2, 0) is 34.9 Å². The quantitative estimate of drug-likeness (QED) is 0.0873. The molecule has 0 aromatic heterocycles. The van der Waals surface area contributed by atoms with Crippen molar-refractivity contribution in [3.8, 4) is 23.0 Å². The van der Waals surface area contributed by atoms with Crippen molar-refractivity contribution >= 4 is 12.0 Å². The molecule has 0 spiro atoms. The molecule has 2 aliphatic heterocycles. The average Bonchev–Trinajstić information content (AvgIpc) is 2.99. The summed E-state index contributed by atoms with van der Waals surface area (Å²) in [5.74, 6) is -2.23. The average molecular weight is 625 g/mol. The first kappa shape index (κ1) is 33.4. The fraction of sp³-hybridized carbons (Fsp3) is 0.483. The van der Waals surface area contributed by atoms with Gasteiger partial charge in [-0.15, -0.1) is 0 Å². The van der Waals surface area contributed by atoms with Crippen molar-refractivity contribution in [1.29, 1.82) is 0 Å². The van der Waals surface area contributed by atoms with Crippen LogP contribution in [0.5, 0.6) is 23.0 Å². The molecule has 0 saturated carbocycles. The van der Waals surface area contributed by atoms with E-state index in [0.717, 1.165) is 6.08 Å². The Kier molecular flexibility index (Phi) is 11.0. The summed E-state index contributed by atoms with van der Waals surface area (Å²) in [4.78, 5) is 12.4. The lowest BCUT2D eigenvalue weighted by molar-refractivity contribution is -0.357. The topological polar surface area (TPSA) is 245 Å². The number of esters is 1. The minimum atomic E-state index is -1.74. The molecule has 2 aromatic rings. The Morgan fingerprint density at radius 2 is 1.48 bits per heavy atom. The van der Waals surface area contributed by atoms with E-state index in [2.05, 4.69) is 0 Å². The van der Waals surface area contributed by atoms with E-state index in [4.69, 9.17) is 23.7 Å². The molecule has 10 atom stereocenters. The van der Waals surface area contributed by atoms with Gasteiger partial charge in [0.15, 0.2) is 35.6 Å². The van der Waals surface area contributed by atoms with Crippen LogP contribution < -0.4 is 0 Å². The minimum Gasteiger partial charge on any atom is -0.504 e. The zero-order valence-corrected chi connectivity index (χ0v) is 23.5. The van der Waals surface area contributed by atoms with E-state index in [1.165, 1.54) is 43.3 Å². The summed E-state index contributed by atoms with van der Waals surface area (Å²) in [5.41, 5.74) is 0.962. The molecular weight excluding hydrogens is 588 g/mol. The highest BCUT2D eigenvalue weighted by molar-refractivity contribution is 5.87. The standard InChI is InChI=1S/C29H36O15/c1-13-22(35)24(37)25(38)29(42-13)44-27-23(36)20(12-41-21(34)7-4-14-2-5-16(30)18(32)10-14)43-28(26(27)39)40-9-8-15-3-6-17(31)19(33)11-15/h2-7,10-11,13,20,22-33,35-39H,8-9,12H2,1H3/t13-,20+,22-,23+,24+,25+,26+,27+,28+,29-/m0/s1. The Morgan fingerprint density at radius 1 is 0.795 bits per heavy atom. The number of phenolic OH excluding ortho intramolecular Hbond substituents is 4. The van der Waals surface area contributed by atoms with Crippen LogP contribution in [0.4, 0.5) is 0 Å². The maximum Gasteiger partial charge on any atom is 0.330 e. The summed E-state index contributed by atoms with van der Waals surface area (Å²) in [6.45, 7) is 0.804. The summed E-state index contributed by atoms with van der Waals surface area (Å²) in [6, 6.07) is 8.05. The lowest BCUT2D eigenvalue weighted by atomic mass is 9.97. The molecule has 2 heterocycles. The highest BCUT2D eigenvalue weighted by Crippen LogP contribution is 2.31. The van der Waals surface area contributed by atoms with E-state index < -0.39 is 74.0 Å². The molecule has 2 aromatic carbocycles. The number of benzene rings is 2. The van der Waals surface area contributed by atoms with Gasteiger partial charge in [0.25, 0.3) is 0 Å². The second-order valence-electron chi connectivity index (χ2n) is 10.5. The maximum absolute atomic E-state index is 12.4. The maximum atomic E-state index is 12.4. The molecular formula is C29H36O15. The van der Waals surface area contributed by atoms with Crippen LogP contribution in [0, 0.1) is 0 Å². The van der Waals surface area contributed by atoms with Gasteiger partial charge in [-0.3, -0.25) is 0 Å². The minimum absolute atomic E-state index is 0.0754. The van der Waals surface area contributed by atoms with Gasteiger partial charge in [-0.25, -0.2) is 4.79 Å². The van der Waals surface area contributed by atoms with Crippen LogP contribution in [0.3, 0.4) is 0 Å². The first-order chi connectivity index (χ1) is 20.8. The molecule has 0 aliphatic carbocycles. The van der Waals surface area contributed by atoms with Crippen molar-refractivity contribution in [2.24, 2.45) is 0 Å². The van der Waals surface area contributed by atoms with Crippen molar-refractivity contribution in [1.82, 2.24) is 0 Å². The normalized spacial score (nSPS) is 32.5. The lowest BCUT2D eigenvalue weighted by Crippen LogP contribution is -2.64. The van der Waals surface area contributed by atoms with Gasteiger partial charge in [-0.2, -0.15) is 0 Å². The van der Waals surface area contributed by atoms with E-state index in [1.807, 2.05) is 0 Å². The van der Waals surface area contributed by atoms with E-state index in [0.29, 0.717) is 11.1 Å². The van der Waals surface area contributed by atoms with Gasteiger partial charge in [0.2, 0.25) is 0 Å². The third-order valence-electron chi connectivity index (χ3n) is 7.26. The number of carbonyl (C=O) groups is 1. The van der Waals surface area contributed by atoms with Crippen LogP contribution in [0.2, 0.25) is 0 Å². The number of rotatable bonds is 10. The number of hydrogen-bond acceptors (Lipinski definition) is 15. The molecule has 9 N–H and O–H groups in total. The zero-order valence-electron chi connectivity index (χ0n) is 23.5. The molecule has 0 radical (unpaired) electrons. The van der Waals surface area contributed by atoms with Gasteiger partial charge in [-0.05, 0) is 54.8 Å². The first-order valence-corrected chi connectivity index (χ1v) is 13.7. The third kappa shape index (κ3) is 7.95. The highest BCUT2D eigenvalue weighted by atomic mass is 16.7. The van der Waals surface area contributed by atoms with Crippen molar-refractivity contribution in [3.63, 3.8) is 0 Å². The summed E-state index contributed by atoms with van der Waals surface area (Å²) >= 11 is 0. The van der Waals surface area contributed by atoms with Crippen LogP contribution >= 0.6 is 0 Å². The van der Waals surface area contributed by atoms with Gasteiger partial charge in [0, 0.05) is 6.08 Å². The largest absolute Gasteiger partial charge is 0.504 e. The Hall–Kier alpha value is -3.51. The van der Waals surface area contributed by atoms with Crippen molar-refractivity contribution in [2.75, 3.05) is 13.2 Å². The number of aromatic hydroxyl groups is 4. The molecule has 2 fully saturated rings. The predicted molar refractivity (Wildman–Crippen MR) is 147 cm³/mol. The summed E-state index contributed by atoms with van der Waals surface area (Å²) in [6.07, 6.45) is -12.5. The smallest absolute Gasteiger partial charge is 0.330 e. The molecule has 4 rings (SSSR count). The number of phenols is 4. The Bertz CT molecular complexity index is 1300. The zero-order chi connectivity index (χ0) is 32.1.